The fourth-order valence-electron chi connectivity index (χ4n) is 2.28. The van der Waals surface area contributed by atoms with Crippen molar-refractivity contribution in [2.24, 2.45) is 0 Å². The van der Waals surface area contributed by atoms with Gasteiger partial charge in [-0.2, -0.15) is 12.7 Å². The summed E-state index contributed by atoms with van der Waals surface area (Å²) < 4.78 is 33.7. The minimum Gasteiger partial charge on any atom is -0.395 e. The van der Waals surface area contributed by atoms with Crippen LogP contribution in [-0.2, 0) is 14.9 Å². The summed E-state index contributed by atoms with van der Waals surface area (Å²) in [5, 5.41) is 9.26. The minimum atomic E-state index is -3.47. The summed E-state index contributed by atoms with van der Waals surface area (Å²) in [7, 11) is -3.47. The van der Waals surface area contributed by atoms with E-state index in [-0.39, 0.29) is 12.6 Å². The van der Waals surface area contributed by atoms with E-state index < -0.39 is 10.2 Å². The zero-order valence-corrected chi connectivity index (χ0v) is 13.2. The molecule has 1 aliphatic heterocycles. The van der Waals surface area contributed by atoms with Crippen LogP contribution in [0.1, 0.15) is 45.4 Å². The number of piperidine rings is 1. The van der Waals surface area contributed by atoms with Crippen LogP contribution in [0.5, 0.6) is 0 Å². The van der Waals surface area contributed by atoms with E-state index in [0.29, 0.717) is 26.1 Å². The summed E-state index contributed by atoms with van der Waals surface area (Å²) in [5.41, 5.74) is 0. The molecule has 2 N–H and O–H groups in total. The van der Waals surface area contributed by atoms with Gasteiger partial charge in [0.2, 0.25) is 0 Å². The molecule has 1 saturated heterocycles. The summed E-state index contributed by atoms with van der Waals surface area (Å²) in [5.74, 6) is 0. The van der Waals surface area contributed by atoms with Crippen molar-refractivity contribution in [1.29, 1.82) is 0 Å². The van der Waals surface area contributed by atoms with E-state index in [2.05, 4.69) is 11.6 Å². The van der Waals surface area contributed by atoms with E-state index in [4.69, 9.17) is 4.74 Å². The summed E-state index contributed by atoms with van der Waals surface area (Å²) in [4.78, 5) is 0. The lowest BCUT2D eigenvalue weighted by Gasteiger charge is -2.33. The van der Waals surface area contributed by atoms with Crippen LogP contribution in [0, 0.1) is 0 Å². The Hall–Kier alpha value is -0.210. The third-order valence-electron chi connectivity index (χ3n) is 3.48. The third kappa shape index (κ3) is 6.05. The first-order valence-electron chi connectivity index (χ1n) is 7.57. The van der Waals surface area contributed by atoms with Crippen LogP contribution in [0.2, 0.25) is 0 Å². The number of ether oxygens (including phenoxy) is 1. The van der Waals surface area contributed by atoms with Crippen LogP contribution in [0.3, 0.4) is 0 Å². The summed E-state index contributed by atoms with van der Waals surface area (Å²) in [6, 6.07) is -0.276. The average molecular weight is 308 g/mol. The Bertz CT molecular complexity index is 348. The molecule has 1 heterocycles. The second-order valence-electron chi connectivity index (χ2n) is 5.16. The molecule has 0 radical (unpaired) electrons. The Morgan fingerprint density at radius 1 is 1.30 bits per heavy atom. The van der Waals surface area contributed by atoms with Crippen LogP contribution in [0.25, 0.3) is 0 Å². The van der Waals surface area contributed by atoms with Gasteiger partial charge in [-0.25, -0.2) is 4.72 Å². The molecule has 1 rings (SSSR count). The fraction of sp³-hybridized carbons (Fsp3) is 1.00. The van der Waals surface area contributed by atoms with Gasteiger partial charge in [-0.05, 0) is 25.7 Å². The molecule has 0 aromatic heterocycles. The fourth-order valence-corrected chi connectivity index (χ4v) is 3.78. The third-order valence-corrected chi connectivity index (χ3v) is 5.15. The molecule has 120 valence electrons. The molecule has 0 bridgehead atoms. The number of hydrogen-bond donors (Lipinski definition) is 2. The highest BCUT2D eigenvalue weighted by Crippen LogP contribution is 2.19. The predicted octanol–water partition coefficient (Wildman–Crippen LogP) is 0.874. The van der Waals surface area contributed by atoms with E-state index in [9.17, 15) is 13.5 Å². The van der Waals surface area contributed by atoms with Crippen molar-refractivity contribution in [3.63, 3.8) is 0 Å². The minimum absolute atomic E-state index is 0.110. The molecule has 0 saturated carbocycles. The maximum Gasteiger partial charge on any atom is 0.279 e. The van der Waals surface area contributed by atoms with Gasteiger partial charge in [0.1, 0.15) is 0 Å². The topological polar surface area (TPSA) is 78.9 Å². The summed E-state index contributed by atoms with van der Waals surface area (Å²) >= 11 is 0. The number of nitrogens with one attached hydrogen (secondary N) is 1. The van der Waals surface area contributed by atoms with Gasteiger partial charge in [0.15, 0.2) is 0 Å². The van der Waals surface area contributed by atoms with Gasteiger partial charge in [0.25, 0.3) is 10.2 Å². The molecule has 20 heavy (non-hydrogen) atoms. The maximum absolute atomic E-state index is 12.2. The number of aliphatic hydroxyl groups is 1. The molecule has 1 fully saturated rings. The molecular formula is C13H28N2O4S. The first kappa shape index (κ1) is 17.8. The van der Waals surface area contributed by atoms with Crippen molar-refractivity contribution in [3.8, 4) is 0 Å². The lowest BCUT2D eigenvalue weighted by Crippen LogP contribution is -2.50. The van der Waals surface area contributed by atoms with E-state index in [0.717, 1.165) is 38.7 Å². The molecule has 0 aliphatic carbocycles. The van der Waals surface area contributed by atoms with E-state index >= 15 is 0 Å². The molecule has 1 unspecified atom stereocenters. The number of rotatable bonds is 10. The highest BCUT2D eigenvalue weighted by molar-refractivity contribution is 7.87. The Kier molecular flexibility index (Phi) is 8.63. The van der Waals surface area contributed by atoms with Crippen LogP contribution in [0.15, 0.2) is 0 Å². The van der Waals surface area contributed by atoms with Gasteiger partial charge in [-0.15, -0.1) is 0 Å². The van der Waals surface area contributed by atoms with Crippen molar-refractivity contribution in [2.45, 2.75) is 51.5 Å². The van der Waals surface area contributed by atoms with E-state index in [1.807, 2.05) is 0 Å². The molecule has 0 aromatic rings. The largest absolute Gasteiger partial charge is 0.395 e. The SMILES string of the molecule is CCCCOCCCNS(=O)(=O)N1CCCCC1CO. The smallest absolute Gasteiger partial charge is 0.279 e. The molecule has 0 spiro atoms. The Morgan fingerprint density at radius 2 is 2.05 bits per heavy atom. The lowest BCUT2D eigenvalue weighted by molar-refractivity contribution is 0.129. The first-order chi connectivity index (χ1) is 9.61. The Labute approximate surface area is 122 Å². The monoisotopic (exact) mass is 308 g/mol. The maximum atomic E-state index is 12.2. The second-order valence-corrected chi connectivity index (χ2v) is 6.87. The van der Waals surface area contributed by atoms with Crippen molar-refractivity contribution < 1.29 is 18.3 Å². The normalized spacial score (nSPS) is 21.2. The summed E-state index contributed by atoms with van der Waals surface area (Å²) in [6.07, 6.45) is 5.37. The van der Waals surface area contributed by atoms with E-state index in [1.54, 1.807) is 0 Å². The van der Waals surface area contributed by atoms with Gasteiger partial charge < -0.3 is 9.84 Å². The number of hydrogen-bond acceptors (Lipinski definition) is 4. The van der Waals surface area contributed by atoms with E-state index in [1.165, 1.54) is 4.31 Å². The average Bonchev–Trinajstić information content (AvgIpc) is 2.46. The van der Waals surface area contributed by atoms with Crippen LogP contribution in [0.4, 0.5) is 0 Å². The Morgan fingerprint density at radius 3 is 2.75 bits per heavy atom. The standard InChI is InChI=1S/C13H28N2O4S/c1-2-3-10-19-11-6-8-14-20(17,18)15-9-5-4-7-13(15)12-16/h13-14,16H,2-12H2,1H3. The molecule has 1 aliphatic rings. The van der Waals surface area contributed by atoms with Gasteiger partial charge >= 0.3 is 0 Å². The van der Waals surface area contributed by atoms with Crippen molar-refractivity contribution in [1.82, 2.24) is 9.03 Å². The van der Waals surface area contributed by atoms with Crippen molar-refractivity contribution in [3.05, 3.63) is 0 Å². The molecule has 0 aromatic carbocycles. The second kappa shape index (κ2) is 9.68. The highest BCUT2D eigenvalue weighted by atomic mass is 32.2. The predicted molar refractivity (Wildman–Crippen MR) is 78.7 cm³/mol. The van der Waals surface area contributed by atoms with Crippen LogP contribution in [-0.4, -0.2) is 56.8 Å². The molecular weight excluding hydrogens is 280 g/mol. The number of nitrogens with zero attached hydrogens (tertiary/aromatic N) is 1. The first-order valence-corrected chi connectivity index (χ1v) is 9.01. The van der Waals surface area contributed by atoms with Gasteiger partial charge in [-0.3, -0.25) is 0 Å². The zero-order chi connectivity index (χ0) is 14.8. The molecule has 0 amide bonds. The molecule has 1 atom stereocenters. The van der Waals surface area contributed by atoms with Gasteiger partial charge in [-0.1, -0.05) is 19.8 Å². The van der Waals surface area contributed by atoms with Crippen LogP contribution >= 0.6 is 0 Å². The number of aliphatic hydroxyl groups excluding tert-OH is 1. The molecule has 6 nitrogen and oxygen atoms in total. The quantitative estimate of drug-likeness (QED) is 0.587. The van der Waals surface area contributed by atoms with Crippen LogP contribution < -0.4 is 4.72 Å². The lowest BCUT2D eigenvalue weighted by atomic mass is 10.1. The van der Waals surface area contributed by atoms with Gasteiger partial charge in [0, 0.05) is 32.3 Å². The Balaban J connectivity index is 2.26. The van der Waals surface area contributed by atoms with Crippen molar-refractivity contribution >= 4 is 10.2 Å². The molecule has 7 heteroatoms. The van der Waals surface area contributed by atoms with Crippen molar-refractivity contribution in [2.75, 3.05) is 32.9 Å². The highest BCUT2D eigenvalue weighted by Gasteiger charge is 2.31. The van der Waals surface area contributed by atoms with Gasteiger partial charge in [0.05, 0.1) is 6.61 Å². The number of unbranched alkanes of at least 4 members (excludes halogenated alkanes) is 1. The summed E-state index contributed by atoms with van der Waals surface area (Å²) in [6.45, 7) is 4.18. The zero-order valence-electron chi connectivity index (χ0n) is 12.4.